The van der Waals surface area contributed by atoms with Gasteiger partial charge in [0.15, 0.2) is 5.13 Å². The largest absolute Gasteiger partial charge is 0.495 e. The number of thiazole rings is 1. The van der Waals surface area contributed by atoms with Crippen LogP contribution in [0.5, 0.6) is 5.75 Å². The van der Waals surface area contributed by atoms with Crippen LogP contribution in [-0.4, -0.2) is 24.0 Å². The topological polar surface area (TPSA) is 92.4 Å². The molecule has 0 aliphatic carbocycles. The molecule has 1 aromatic heterocycles. The van der Waals surface area contributed by atoms with Crippen LogP contribution in [-0.2, 0) is 6.42 Å². The molecule has 7 nitrogen and oxygen atoms in total. The molecule has 3 aromatic rings. The van der Waals surface area contributed by atoms with Gasteiger partial charge in [0.25, 0.3) is 5.91 Å². The molecule has 0 spiro atoms. The molecule has 0 fully saturated rings. The minimum Gasteiger partial charge on any atom is -0.495 e. The van der Waals surface area contributed by atoms with Gasteiger partial charge in [-0.25, -0.2) is 9.78 Å². The third-order valence-electron chi connectivity index (χ3n) is 4.22. The van der Waals surface area contributed by atoms with E-state index in [0.29, 0.717) is 27.1 Å². The van der Waals surface area contributed by atoms with Gasteiger partial charge in [-0.2, -0.15) is 0 Å². The van der Waals surface area contributed by atoms with E-state index in [4.69, 9.17) is 4.74 Å². The lowest BCUT2D eigenvalue weighted by Crippen LogP contribution is -2.19. The Morgan fingerprint density at radius 2 is 1.69 bits per heavy atom. The number of benzene rings is 2. The van der Waals surface area contributed by atoms with Gasteiger partial charge in [-0.1, -0.05) is 48.6 Å². The fourth-order valence-corrected chi connectivity index (χ4v) is 3.65. The molecule has 0 unspecified atom stereocenters. The van der Waals surface area contributed by atoms with Crippen molar-refractivity contribution in [3.63, 3.8) is 0 Å². The summed E-state index contributed by atoms with van der Waals surface area (Å²) in [5, 5.41) is 8.64. The molecule has 8 heteroatoms. The van der Waals surface area contributed by atoms with E-state index in [9.17, 15) is 9.59 Å². The molecule has 150 valence electrons. The summed E-state index contributed by atoms with van der Waals surface area (Å²) in [6, 6.07) is 14.3. The van der Waals surface area contributed by atoms with Crippen molar-refractivity contribution >= 4 is 39.8 Å². The smallest absolute Gasteiger partial charge is 0.325 e. The molecule has 1 heterocycles. The minimum absolute atomic E-state index is 0.251. The number of anilines is 3. The normalized spacial score (nSPS) is 10.3. The summed E-state index contributed by atoms with van der Waals surface area (Å²) in [5.41, 5.74) is 2.91. The predicted octanol–water partition coefficient (Wildman–Crippen LogP) is 4.92. The zero-order chi connectivity index (χ0) is 20.8. The van der Waals surface area contributed by atoms with Gasteiger partial charge >= 0.3 is 6.03 Å². The first-order valence-electron chi connectivity index (χ1n) is 9.09. The second kappa shape index (κ2) is 9.20. The monoisotopic (exact) mass is 410 g/mol. The summed E-state index contributed by atoms with van der Waals surface area (Å²) in [5.74, 6) is 0.298. The van der Waals surface area contributed by atoms with Gasteiger partial charge in [0, 0.05) is 5.69 Å². The number of para-hydroxylation sites is 3. The van der Waals surface area contributed by atoms with Crippen LogP contribution in [0.1, 0.15) is 27.9 Å². The lowest BCUT2D eigenvalue weighted by molar-refractivity contribution is 0.102. The lowest BCUT2D eigenvalue weighted by Gasteiger charge is -2.09. The fourth-order valence-electron chi connectivity index (χ4n) is 2.79. The number of aryl methyl sites for hydroxylation is 2. The SMILES string of the molecule is CCc1ccccc1NC(=O)c1sc(NC(=O)Nc2ccccc2OC)nc1C. The van der Waals surface area contributed by atoms with E-state index in [1.165, 1.54) is 7.11 Å². The highest BCUT2D eigenvalue weighted by molar-refractivity contribution is 7.17. The van der Waals surface area contributed by atoms with Crippen molar-refractivity contribution in [1.29, 1.82) is 0 Å². The van der Waals surface area contributed by atoms with Gasteiger partial charge < -0.3 is 15.4 Å². The van der Waals surface area contributed by atoms with E-state index >= 15 is 0 Å². The van der Waals surface area contributed by atoms with E-state index in [1.54, 1.807) is 25.1 Å². The molecule has 0 radical (unpaired) electrons. The lowest BCUT2D eigenvalue weighted by atomic mass is 10.1. The van der Waals surface area contributed by atoms with E-state index in [0.717, 1.165) is 29.0 Å². The number of methoxy groups -OCH3 is 1. The molecule has 3 N–H and O–H groups in total. The van der Waals surface area contributed by atoms with Crippen molar-refractivity contribution in [3.05, 3.63) is 64.7 Å². The number of nitrogens with zero attached hydrogens (tertiary/aromatic N) is 1. The Morgan fingerprint density at radius 3 is 2.41 bits per heavy atom. The van der Waals surface area contributed by atoms with Crippen molar-refractivity contribution in [2.75, 3.05) is 23.1 Å². The second-order valence-electron chi connectivity index (χ2n) is 6.18. The third-order valence-corrected chi connectivity index (χ3v) is 5.30. The molecule has 0 aliphatic heterocycles. The summed E-state index contributed by atoms with van der Waals surface area (Å²) in [4.78, 5) is 29.7. The number of urea groups is 1. The molecule has 0 saturated heterocycles. The number of nitrogens with one attached hydrogen (secondary N) is 3. The van der Waals surface area contributed by atoms with Crippen LogP contribution in [0, 0.1) is 6.92 Å². The van der Waals surface area contributed by atoms with Crippen LogP contribution in [0.25, 0.3) is 0 Å². The quantitative estimate of drug-likeness (QED) is 0.538. The first kappa shape index (κ1) is 20.3. The average molecular weight is 410 g/mol. The average Bonchev–Trinajstić information content (AvgIpc) is 3.08. The van der Waals surface area contributed by atoms with Crippen LogP contribution < -0.4 is 20.7 Å². The molecule has 0 atom stereocenters. The standard InChI is InChI=1S/C21H22N4O3S/c1-4-14-9-5-6-10-15(14)23-19(26)18-13(2)22-21(29-18)25-20(27)24-16-11-7-8-12-17(16)28-3/h5-12H,4H2,1-3H3,(H,23,26)(H2,22,24,25,27). The number of hydrogen-bond acceptors (Lipinski definition) is 5. The minimum atomic E-state index is -0.466. The number of amides is 3. The molecule has 3 amide bonds. The van der Waals surface area contributed by atoms with Crippen molar-refractivity contribution in [2.45, 2.75) is 20.3 Å². The van der Waals surface area contributed by atoms with Crippen LogP contribution in [0.15, 0.2) is 48.5 Å². The third kappa shape index (κ3) is 4.91. The Kier molecular flexibility index (Phi) is 6.46. The number of rotatable bonds is 6. The van der Waals surface area contributed by atoms with Gasteiger partial charge in [-0.15, -0.1) is 0 Å². The summed E-state index contributed by atoms with van der Waals surface area (Å²) in [6.07, 6.45) is 0.814. The molecular weight excluding hydrogens is 388 g/mol. The summed E-state index contributed by atoms with van der Waals surface area (Å²) in [6.45, 7) is 3.77. The number of aromatic nitrogens is 1. The zero-order valence-electron chi connectivity index (χ0n) is 16.4. The Balaban J connectivity index is 1.69. The maximum absolute atomic E-state index is 12.7. The number of ether oxygens (including phenoxy) is 1. The number of carbonyl (C=O) groups excluding carboxylic acids is 2. The maximum atomic E-state index is 12.7. The first-order valence-corrected chi connectivity index (χ1v) is 9.91. The Hall–Kier alpha value is -3.39. The molecule has 0 aliphatic rings. The van der Waals surface area contributed by atoms with Crippen LogP contribution in [0.4, 0.5) is 21.3 Å². The summed E-state index contributed by atoms with van der Waals surface area (Å²) >= 11 is 1.12. The van der Waals surface area contributed by atoms with Crippen LogP contribution >= 0.6 is 11.3 Å². The highest BCUT2D eigenvalue weighted by atomic mass is 32.1. The summed E-state index contributed by atoms with van der Waals surface area (Å²) in [7, 11) is 1.53. The van der Waals surface area contributed by atoms with E-state index in [1.807, 2.05) is 37.3 Å². The molecule has 3 rings (SSSR count). The molecule has 2 aromatic carbocycles. The first-order chi connectivity index (χ1) is 14.0. The van der Waals surface area contributed by atoms with Crippen molar-refractivity contribution in [1.82, 2.24) is 4.98 Å². The summed E-state index contributed by atoms with van der Waals surface area (Å²) < 4.78 is 5.22. The number of carbonyl (C=O) groups is 2. The van der Waals surface area contributed by atoms with E-state index in [-0.39, 0.29) is 5.91 Å². The van der Waals surface area contributed by atoms with Gasteiger partial charge in [-0.05, 0) is 37.1 Å². The van der Waals surface area contributed by atoms with Gasteiger partial charge in [-0.3, -0.25) is 10.1 Å². The van der Waals surface area contributed by atoms with E-state index in [2.05, 4.69) is 20.9 Å². The Morgan fingerprint density at radius 1 is 1.00 bits per heavy atom. The van der Waals surface area contributed by atoms with Crippen LogP contribution in [0.3, 0.4) is 0 Å². The second-order valence-corrected chi connectivity index (χ2v) is 7.18. The Bertz CT molecular complexity index is 1030. The van der Waals surface area contributed by atoms with E-state index < -0.39 is 6.03 Å². The molecule has 0 saturated carbocycles. The molecule has 0 bridgehead atoms. The predicted molar refractivity (Wildman–Crippen MR) is 116 cm³/mol. The van der Waals surface area contributed by atoms with Gasteiger partial charge in [0.1, 0.15) is 10.6 Å². The number of hydrogen-bond donors (Lipinski definition) is 3. The van der Waals surface area contributed by atoms with Crippen molar-refractivity contribution in [2.24, 2.45) is 0 Å². The maximum Gasteiger partial charge on any atom is 0.325 e. The van der Waals surface area contributed by atoms with Crippen molar-refractivity contribution < 1.29 is 14.3 Å². The highest BCUT2D eigenvalue weighted by Gasteiger charge is 2.18. The molecule has 29 heavy (non-hydrogen) atoms. The van der Waals surface area contributed by atoms with Crippen LogP contribution in [0.2, 0.25) is 0 Å². The Labute approximate surface area is 173 Å². The van der Waals surface area contributed by atoms with Crippen molar-refractivity contribution in [3.8, 4) is 5.75 Å². The zero-order valence-corrected chi connectivity index (χ0v) is 17.2. The van der Waals surface area contributed by atoms with Gasteiger partial charge in [0.05, 0.1) is 18.5 Å². The molecular formula is C21H22N4O3S. The van der Waals surface area contributed by atoms with Gasteiger partial charge in [0.2, 0.25) is 0 Å². The fraction of sp³-hybridized carbons (Fsp3) is 0.190. The highest BCUT2D eigenvalue weighted by Crippen LogP contribution is 2.26.